The second kappa shape index (κ2) is 7.26. The van der Waals surface area contributed by atoms with Crippen LogP contribution in [0.25, 0.3) is 0 Å². The summed E-state index contributed by atoms with van der Waals surface area (Å²) in [6.45, 7) is 4.20. The Hall–Kier alpha value is -1.39. The molecule has 0 saturated carbocycles. The first-order chi connectivity index (χ1) is 9.28. The smallest absolute Gasteiger partial charge is 0.250 e. The van der Waals surface area contributed by atoms with E-state index in [4.69, 9.17) is 4.74 Å². The van der Waals surface area contributed by atoms with Crippen molar-refractivity contribution in [1.82, 2.24) is 5.32 Å². The van der Waals surface area contributed by atoms with Crippen molar-refractivity contribution in [3.05, 3.63) is 29.8 Å². The van der Waals surface area contributed by atoms with E-state index < -0.39 is 0 Å². The second-order valence-electron chi connectivity index (χ2n) is 4.86. The van der Waals surface area contributed by atoms with Crippen LogP contribution in [-0.2, 0) is 16.0 Å². The van der Waals surface area contributed by atoms with Crippen molar-refractivity contribution in [2.75, 3.05) is 25.0 Å². The molecule has 4 nitrogen and oxygen atoms in total. The predicted molar refractivity (Wildman–Crippen MR) is 76.3 cm³/mol. The summed E-state index contributed by atoms with van der Waals surface area (Å²) in [6, 6.07) is 7.93. The third-order valence-corrected chi connectivity index (χ3v) is 3.38. The average molecular weight is 262 g/mol. The van der Waals surface area contributed by atoms with E-state index in [0.29, 0.717) is 0 Å². The Morgan fingerprint density at radius 1 is 1.32 bits per heavy atom. The minimum Gasteiger partial charge on any atom is -0.368 e. The third kappa shape index (κ3) is 4.65. The quantitative estimate of drug-likeness (QED) is 0.853. The summed E-state index contributed by atoms with van der Waals surface area (Å²) in [4.78, 5) is 11.8. The van der Waals surface area contributed by atoms with Gasteiger partial charge in [0.25, 0.3) is 0 Å². The van der Waals surface area contributed by atoms with Crippen LogP contribution < -0.4 is 10.6 Å². The van der Waals surface area contributed by atoms with E-state index in [2.05, 4.69) is 17.6 Å². The number of amides is 1. The largest absolute Gasteiger partial charge is 0.368 e. The highest BCUT2D eigenvalue weighted by Crippen LogP contribution is 2.11. The lowest BCUT2D eigenvalue weighted by Crippen LogP contribution is -2.34. The molecular formula is C15H22N2O2. The lowest BCUT2D eigenvalue weighted by Gasteiger charge is -2.22. The summed E-state index contributed by atoms with van der Waals surface area (Å²) in [5.74, 6) is -0.0808. The molecule has 1 aliphatic rings. The molecule has 104 valence electrons. The van der Waals surface area contributed by atoms with Crippen molar-refractivity contribution in [3.63, 3.8) is 0 Å². The van der Waals surface area contributed by atoms with E-state index in [-0.39, 0.29) is 18.6 Å². The van der Waals surface area contributed by atoms with E-state index in [1.54, 1.807) is 0 Å². The Morgan fingerprint density at radius 2 is 2.00 bits per heavy atom. The van der Waals surface area contributed by atoms with E-state index in [9.17, 15) is 4.79 Å². The zero-order chi connectivity index (χ0) is 13.5. The van der Waals surface area contributed by atoms with E-state index in [0.717, 1.165) is 38.0 Å². The molecule has 0 atom stereocenters. The normalized spacial score (nSPS) is 16.3. The van der Waals surface area contributed by atoms with Crippen LogP contribution in [0.2, 0.25) is 0 Å². The molecule has 0 radical (unpaired) electrons. The molecule has 0 aromatic heterocycles. The van der Waals surface area contributed by atoms with Gasteiger partial charge in [0.05, 0.1) is 6.10 Å². The van der Waals surface area contributed by atoms with Crippen molar-refractivity contribution in [3.8, 4) is 0 Å². The fraction of sp³-hybridized carbons (Fsp3) is 0.533. The fourth-order valence-electron chi connectivity index (χ4n) is 2.18. The van der Waals surface area contributed by atoms with Gasteiger partial charge in [0.1, 0.15) is 6.61 Å². The van der Waals surface area contributed by atoms with Crippen LogP contribution in [0.3, 0.4) is 0 Å². The Bertz CT molecular complexity index is 397. The molecule has 0 aliphatic carbocycles. The van der Waals surface area contributed by atoms with Crippen LogP contribution in [0.5, 0.6) is 0 Å². The van der Waals surface area contributed by atoms with Crippen molar-refractivity contribution in [2.45, 2.75) is 32.3 Å². The van der Waals surface area contributed by atoms with Crippen LogP contribution in [0.1, 0.15) is 25.3 Å². The highest BCUT2D eigenvalue weighted by Gasteiger charge is 2.14. The Balaban J connectivity index is 1.73. The van der Waals surface area contributed by atoms with Gasteiger partial charge in [-0.25, -0.2) is 0 Å². The number of hydrogen-bond acceptors (Lipinski definition) is 3. The summed E-state index contributed by atoms with van der Waals surface area (Å²) in [5, 5.41) is 6.13. The van der Waals surface area contributed by atoms with Gasteiger partial charge in [0.2, 0.25) is 5.91 Å². The number of aryl methyl sites for hydroxylation is 1. The minimum absolute atomic E-state index is 0.0808. The van der Waals surface area contributed by atoms with Crippen molar-refractivity contribution in [2.24, 2.45) is 0 Å². The number of ether oxygens (including phenoxy) is 1. The third-order valence-electron chi connectivity index (χ3n) is 3.38. The van der Waals surface area contributed by atoms with Crippen LogP contribution in [0.4, 0.5) is 5.69 Å². The summed E-state index contributed by atoms with van der Waals surface area (Å²) in [7, 11) is 0. The lowest BCUT2D eigenvalue weighted by molar-refractivity contribution is -0.123. The Morgan fingerprint density at radius 3 is 2.63 bits per heavy atom. The van der Waals surface area contributed by atoms with Crippen LogP contribution in [-0.4, -0.2) is 31.7 Å². The highest BCUT2D eigenvalue weighted by molar-refractivity contribution is 5.91. The number of carbonyl (C=O) groups excluding carboxylic acids is 1. The van der Waals surface area contributed by atoms with Crippen LogP contribution >= 0.6 is 0 Å². The lowest BCUT2D eigenvalue weighted by atomic mass is 10.1. The number of carbonyl (C=O) groups is 1. The maximum atomic E-state index is 11.8. The summed E-state index contributed by atoms with van der Waals surface area (Å²) < 4.78 is 5.61. The molecule has 4 heteroatoms. The maximum Gasteiger partial charge on any atom is 0.250 e. The number of benzene rings is 1. The molecule has 1 fully saturated rings. The molecule has 2 N–H and O–H groups in total. The summed E-state index contributed by atoms with van der Waals surface area (Å²) in [5.41, 5.74) is 2.10. The maximum absolute atomic E-state index is 11.8. The Kier molecular flexibility index (Phi) is 5.36. The zero-order valence-corrected chi connectivity index (χ0v) is 11.4. The molecule has 1 amide bonds. The molecular weight excluding hydrogens is 240 g/mol. The van der Waals surface area contributed by atoms with Crippen LogP contribution in [0.15, 0.2) is 24.3 Å². The van der Waals surface area contributed by atoms with E-state index in [1.165, 1.54) is 5.56 Å². The Labute approximate surface area is 114 Å². The molecule has 1 heterocycles. The predicted octanol–water partition coefficient (Wildman–Crippen LogP) is 1.96. The first-order valence-corrected chi connectivity index (χ1v) is 6.99. The van der Waals surface area contributed by atoms with Gasteiger partial charge in [-0.05, 0) is 50.0 Å². The number of hydrogen-bond donors (Lipinski definition) is 2. The SMILES string of the molecule is CCc1ccc(NC(=O)COC2CCNCC2)cc1. The number of anilines is 1. The van der Waals surface area contributed by atoms with Gasteiger partial charge in [0.15, 0.2) is 0 Å². The molecule has 0 bridgehead atoms. The number of rotatable bonds is 5. The molecule has 19 heavy (non-hydrogen) atoms. The number of piperidine rings is 1. The topological polar surface area (TPSA) is 50.4 Å². The van der Waals surface area contributed by atoms with Crippen LogP contribution in [0, 0.1) is 0 Å². The molecule has 1 aromatic carbocycles. The van der Waals surface area contributed by atoms with Gasteiger partial charge in [0, 0.05) is 5.69 Å². The molecule has 1 aliphatic heterocycles. The average Bonchev–Trinajstić information content (AvgIpc) is 2.47. The first kappa shape index (κ1) is 14.0. The molecule has 1 aromatic rings. The van der Waals surface area contributed by atoms with Gasteiger partial charge >= 0.3 is 0 Å². The van der Waals surface area contributed by atoms with Gasteiger partial charge in [-0.1, -0.05) is 19.1 Å². The number of nitrogens with one attached hydrogen (secondary N) is 2. The molecule has 2 rings (SSSR count). The second-order valence-corrected chi connectivity index (χ2v) is 4.86. The van der Waals surface area contributed by atoms with Gasteiger partial charge in [-0.2, -0.15) is 0 Å². The van der Waals surface area contributed by atoms with Crippen molar-refractivity contribution in [1.29, 1.82) is 0 Å². The van der Waals surface area contributed by atoms with Gasteiger partial charge in [-0.15, -0.1) is 0 Å². The highest BCUT2D eigenvalue weighted by atomic mass is 16.5. The molecule has 0 spiro atoms. The van der Waals surface area contributed by atoms with Crippen molar-refractivity contribution < 1.29 is 9.53 Å². The monoisotopic (exact) mass is 262 g/mol. The summed E-state index contributed by atoms with van der Waals surface area (Å²) >= 11 is 0. The fourth-order valence-corrected chi connectivity index (χ4v) is 2.18. The zero-order valence-electron chi connectivity index (χ0n) is 11.4. The van der Waals surface area contributed by atoms with E-state index in [1.807, 2.05) is 24.3 Å². The van der Waals surface area contributed by atoms with Gasteiger partial charge < -0.3 is 15.4 Å². The van der Waals surface area contributed by atoms with E-state index >= 15 is 0 Å². The first-order valence-electron chi connectivity index (χ1n) is 6.99. The van der Waals surface area contributed by atoms with Crippen molar-refractivity contribution >= 4 is 11.6 Å². The van der Waals surface area contributed by atoms with Gasteiger partial charge in [-0.3, -0.25) is 4.79 Å². The summed E-state index contributed by atoms with van der Waals surface area (Å²) in [6.07, 6.45) is 3.19. The minimum atomic E-state index is -0.0808. The standard InChI is InChI=1S/C15H22N2O2/c1-2-12-3-5-13(6-4-12)17-15(18)11-19-14-7-9-16-10-8-14/h3-6,14,16H,2,7-11H2,1H3,(H,17,18). The molecule has 0 unspecified atom stereocenters. The molecule has 1 saturated heterocycles.